The van der Waals surface area contributed by atoms with E-state index in [1.165, 1.54) is 41.4 Å². The van der Waals surface area contributed by atoms with Crippen LogP contribution < -0.4 is 9.47 Å². The molecule has 1 aliphatic heterocycles. The van der Waals surface area contributed by atoms with Crippen LogP contribution in [0.1, 0.15) is 31.4 Å². The first-order valence-corrected chi connectivity index (χ1v) is 15.3. The maximum Gasteiger partial charge on any atom is 0.434 e. The van der Waals surface area contributed by atoms with Crippen LogP contribution >= 0.6 is 22.9 Å². The maximum absolute atomic E-state index is 13.6. The third kappa shape index (κ3) is 6.91. The van der Waals surface area contributed by atoms with Crippen LogP contribution in [0.3, 0.4) is 0 Å². The standard InChI is InChI=1S/C30H30ClF3N6O4S/c1-4-5-6-7-11-38(2)28(41)21-13-18(15-40(21)29(42)39-12-10-35-17-39)44-23-14-20(27-37-24(16-45-27)30(32,33)34)36-26-19(23)8-9-22(43-3)25(26)31/h4,8-10,12,14,16-18,21H,1,5-7,11,13,15H2,2-3H3/t18-,21-/m0/s1. The van der Waals surface area contributed by atoms with E-state index in [-0.39, 0.29) is 45.9 Å². The molecule has 1 saturated heterocycles. The molecule has 0 spiro atoms. The number of thiazole rings is 1. The van der Waals surface area contributed by atoms with Crippen molar-refractivity contribution in [2.45, 2.75) is 44.0 Å². The summed E-state index contributed by atoms with van der Waals surface area (Å²) in [6.07, 6.45) is 3.55. The average Bonchev–Trinajstić information content (AvgIpc) is 3.80. The number of unbranched alkanes of at least 4 members (excludes halogenated alkanes) is 2. The summed E-state index contributed by atoms with van der Waals surface area (Å²) >= 11 is 7.38. The molecule has 3 aromatic heterocycles. The smallest absolute Gasteiger partial charge is 0.434 e. The van der Waals surface area contributed by atoms with Gasteiger partial charge in [0.1, 0.15) is 45.7 Å². The van der Waals surface area contributed by atoms with Gasteiger partial charge in [-0.25, -0.2) is 19.7 Å². The number of amides is 2. The minimum atomic E-state index is -4.62. The van der Waals surface area contributed by atoms with E-state index < -0.39 is 30.0 Å². The maximum atomic E-state index is 13.6. The molecule has 2 amide bonds. The number of halogens is 4. The van der Waals surface area contributed by atoms with Gasteiger partial charge in [0, 0.05) is 49.2 Å². The number of fused-ring (bicyclic) bond motifs is 1. The number of imidazole rings is 1. The molecule has 0 bridgehead atoms. The molecule has 4 aromatic rings. The average molecular weight is 663 g/mol. The second kappa shape index (κ2) is 13.4. The molecule has 4 heterocycles. The van der Waals surface area contributed by atoms with Crippen molar-refractivity contribution in [1.29, 1.82) is 0 Å². The summed E-state index contributed by atoms with van der Waals surface area (Å²) in [6.45, 7) is 4.30. The molecule has 0 radical (unpaired) electrons. The van der Waals surface area contributed by atoms with Gasteiger partial charge in [0.25, 0.3) is 0 Å². The van der Waals surface area contributed by atoms with E-state index in [2.05, 4.69) is 21.5 Å². The Kier molecular flexibility index (Phi) is 9.63. The summed E-state index contributed by atoms with van der Waals surface area (Å²) < 4.78 is 53.1. The molecular formula is C30H30ClF3N6O4S. The van der Waals surface area contributed by atoms with Crippen molar-refractivity contribution in [3.63, 3.8) is 0 Å². The van der Waals surface area contributed by atoms with Gasteiger partial charge in [-0.15, -0.1) is 17.9 Å². The highest BCUT2D eigenvalue weighted by Gasteiger charge is 2.42. The first-order valence-electron chi connectivity index (χ1n) is 14.0. The minimum absolute atomic E-state index is 0.0161. The Morgan fingerprint density at radius 2 is 2.04 bits per heavy atom. The zero-order chi connectivity index (χ0) is 32.3. The number of allylic oxidation sites excluding steroid dienone is 1. The second-order valence-corrected chi connectivity index (χ2v) is 11.7. The molecule has 0 aliphatic carbocycles. The van der Waals surface area contributed by atoms with Gasteiger partial charge in [-0.3, -0.25) is 9.36 Å². The summed E-state index contributed by atoms with van der Waals surface area (Å²) in [5.74, 6) is 0.340. The van der Waals surface area contributed by atoms with Gasteiger partial charge in [-0.2, -0.15) is 13.2 Å². The Balaban J connectivity index is 1.49. The van der Waals surface area contributed by atoms with Gasteiger partial charge in [-0.05, 0) is 31.4 Å². The lowest BCUT2D eigenvalue weighted by molar-refractivity contribution is -0.140. The number of nitrogens with zero attached hydrogens (tertiary/aromatic N) is 6. The van der Waals surface area contributed by atoms with Crippen LogP contribution in [-0.4, -0.2) is 80.6 Å². The van der Waals surface area contributed by atoms with Crippen LogP contribution in [0.4, 0.5) is 18.0 Å². The number of alkyl halides is 3. The molecule has 1 fully saturated rings. The Hall–Kier alpha value is -4.17. The molecule has 0 saturated carbocycles. The van der Waals surface area contributed by atoms with Gasteiger partial charge >= 0.3 is 12.2 Å². The van der Waals surface area contributed by atoms with E-state index in [1.54, 1.807) is 24.1 Å². The van der Waals surface area contributed by atoms with Crippen LogP contribution in [0.15, 0.2) is 55.0 Å². The quantitative estimate of drug-likeness (QED) is 0.140. The first-order chi connectivity index (χ1) is 21.5. The Morgan fingerprint density at radius 1 is 1.24 bits per heavy atom. The van der Waals surface area contributed by atoms with Crippen molar-refractivity contribution in [1.82, 2.24) is 29.3 Å². The summed E-state index contributed by atoms with van der Waals surface area (Å²) in [6, 6.07) is 3.54. The zero-order valence-corrected chi connectivity index (χ0v) is 26.0. The summed E-state index contributed by atoms with van der Waals surface area (Å²) in [4.78, 5) is 42.4. The topological polar surface area (TPSA) is 103 Å². The molecule has 45 heavy (non-hydrogen) atoms. The van der Waals surface area contributed by atoms with Gasteiger partial charge < -0.3 is 19.3 Å². The number of rotatable bonds is 10. The lowest BCUT2D eigenvalue weighted by Crippen LogP contribution is -2.47. The van der Waals surface area contributed by atoms with E-state index in [4.69, 9.17) is 21.1 Å². The number of ether oxygens (including phenoxy) is 2. The second-order valence-electron chi connectivity index (χ2n) is 10.5. The van der Waals surface area contributed by atoms with E-state index in [1.807, 2.05) is 6.08 Å². The zero-order valence-electron chi connectivity index (χ0n) is 24.5. The fourth-order valence-electron chi connectivity index (χ4n) is 5.13. The lowest BCUT2D eigenvalue weighted by Gasteiger charge is -2.27. The SMILES string of the molecule is C=CCCCCN(C)C(=O)[C@@H]1C[C@H](Oc2cc(-c3nc(C(F)(F)F)cs3)nc3c(Cl)c(OC)ccc23)CN1C(=O)n1ccnc1. The number of aromatic nitrogens is 4. The van der Waals surface area contributed by atoms with Crippen molar-refractivity contribution >= 4 is 45.8 Å². The van der Waals surface area contributed by atoms with Crippen LogP contribution in [0, 0.1) is 0 Å². The van der Waals surface area contributed by atoms with Gasteiger partial charge in [-0.1, -0.05) is 17.7 Å². The molecule has 0 N–H and O–H groups in total. The number of carbonyl (C=O) groups is 2. The predicted molar refractivity (Wildman–Crippen MR) is 164 cm³/mol. The van der Waals surface area contributed by atoms with Gasteiger partial charge in [0.15, 0.2) is 5.69 Å². The molecule has 5 rings (SSSR count). The van der Waals surface area contributed by atoms with E-state index in [9.17, 15) is 22.8 Å². The first kappa shape index (κ1) is 32.2. The summed E-state index contributed by atoms with van der Waals surface area (Å²) in [5.41, 5.74) is -0.684. The number of carbonyl (C=O) groups excluding carboxylic acids is 2. The van der Waals surface area contributed by atoms with Gasteiger partial charge in [0.2, 0.25) is 5.91 Å². The van der Waals surface area contributed by atoms with Crippen LogP contribution in [0.25, 0.3) is 21.6 Å². The van der Waals surface area contributed by atoms with Crippen molar-refractivity contribution in [2.75, 3.05) is 27.2 Å². The molecular weight excluding hydrogens is 633 g/mol. The molecule has 2 atom stereocenters. The van der Waals surface area contributed by atoms with Crippen molar-refractivity contribution in [2.24, 2.45) is 0 Å². The molecule has 1 aromatic carbocycles. The van der Waals surface area contributed by atoms with E-state index >= 15 is 0 Å². The Labute approximate surface area is 266 Å². The third-order valence-electron chi connectivity index (χ3n) is 7.42. The highest BCUT2D eigenvalue weighted by Crippen LogP contribution is 2.41. The predicted octanol–water partition coefficient (Wildman–Crippen LogP) is 6.54. The number of benzene rings is 1. The molecule has 15 heteroatoms. The highest BCUT2D eigenvalue weighted by atomic mass is 35.5. The van der Waals surface area contributed by atoms with Gasteiger partial charge in [0.05, 0.1) is 19.2 Å². The number of methoxy groups -OCH3 is 1. The van der Waals surface area contributed by atoms with E-state index in [0.29, 0.717) is 17.7 Å². The summed E-state index contributed by atoms with van der Waals surface area (Å²) in [7, 11) is 3.13. The monoisotopic (exact) mass is 662 g/mol. The number of hydrogen-bond acceptors (Lipinski definition) is 8. The molecule has 10 nitrogen and oxygen atoms in total. The number of likely N-dealkylation sites (tertiary alicyclic amines) is 1. The largest absolute Gasteiger partial charge is 0.495 e. The highest BCUT2D eigenvalue weighted by molar-refractivity contribution is 7.13. The Bertz CT molecular complexity index is 1700. The minimum Gasteiger partial charge on any atom is -0.495 e. The normalized spacial score (nSPS) is 16.6. The molecule has 238 valence electrons. The fourth-order valence-corrected chi connectivity index (χ4v) is 6.20. The number of hydrogen-bond donors (Lipinski definition) is 0. The van der Waals surface area contributed by atoms with Crippen LogP contribution in [0.5, 0.6) is 11.5 Å². The van der Waals surface area contributed by atoms with Crippen LogP contribution in [0.2, 0.25) is 5.02 Å². The molecule has 1 aliphatic rings. The Morgan fingerprint density at radius 3 is 2.71 bits per heavy atom. The third-order valence-corrected chi connectivity index (χ3v) is 8.65. The van der Waals surface area contributed by atoms with Crippen molar-refractivity contribution in [3.05, 3.63) is 65.7 Å². The summed E-state index contributed by atoms with van der Waals surface area (Å²) in [5, 5.41) is 1.54. The number of pyridine rings is 1. The van der Waals surface area contributed by atoms with Crippen LogP contribution in [-0.2, 0) is 11.0 Å². The number of likely N-dealkylation sites (N-methyl/N-ethyl adjacent to an activating group) is 1. The van der Waals surface area contributed by atoms with E-state index in [0.717, 1.165) is 36.0 Å². The van der Waals surface area contributed by atoms with Crippen molar-refractivity contribution < 1.29 is 32.2 Å². The van der Waals surface area contributed by atoms with Crippen molar-refractivity contribution in [3.8, 4) is 22.2 Å². The lowest BCUT2D eigenvalue weighted by atomic mass is 10.1. The molecule has 0 unspecified atom stereocenters. The fraction of sp³-hybridized carbons (Fsp3) is 0.367.